The molecule has 0 aliphatic carbocycles. The van der Waals surface area contributed by atoms with Crippen molar-refractivity contribution >= 4 is 23.5 Å². The van der Waals surface area contributed by atoms with Crippen LogP contribution in [0.3, 0.4) is 0 Å². The fourth-order valence-corrected chi connectivity index (χ4v) is 6.33. The second kappa shape index (κ2) is 7.58. The van der Waals surface area contributed by atoms with Gasteiger partial charge in [0, 0.05) is 35.1 Å². The van der Waals surface area contributed by atoms with E-state index in [0.29, 0.717) is 0 Å². The van der Waals surface area contributed by atoms with Crippen LogP contribution < -0.4 is 5.32 Å². The Kier molecular flexibility index (Phi) is 5.80. The fraction of sp³-hybridized carbons (Fsp3) is 1.00. The molecule has 110 valence electrons. The third-order valence-corrected chi connectivity index (χ3v) is 7.43. The van der Waals surface area contributed by atoms with Gasteiger partial charge >= 0.3 is 0 Å². The topological polar surface area (TPSA) is 15.3 Å². The van der Waals surface area contributed by atoms with Gasteiger partial charge in [-0.1, -0.05) is 6.42 Å². The Morgan fingerprint density at radius 2 is 1.74 bits per heavy atom. The summed E-state index contributed by atoms with van der Waals surface area (Å²) in [5.41, 5.74) is 0. The summed E-state index contributed by atoms with van der Waals surface area (Å²) in [6, 6.07) is 1.66. The predicted octanol–water partition coefficient (Wildman–Crippen LogP) is 2.69. The molecule has 0 saturated carbocycles. The number of piperidine rings is 2. The van der Waals surface area contributed by atoms with Crippen molar-refractivity contribution in [3.63, 3.8) is 0 Å². The van der Waals surface area contributed by atoms with E-state index >= 15 is 0 Å². The summed E-state index contributed by atoms with van der Waals surface area (Å²) in [6.45, 7) is 4.01. The van der Waals surface area contributed by atoms with Gasteiger partial charge < -0.3 is 10.2 Å². The second-order valence-electron chi connectivity index (χ2n) is 6.26. The van der Waals surface area contributed by atoms with Gasteiger partial charge in [0.05, 0.1) is 0 Å². The van der Waals surface area contributed by atoms with Crippen LogP contribution in [0.5, 0.6) is 0 Å². The third-order valence-electron chi connectivity index (χ3n) is 4.91. The molecule has 0 amide bonds. The smallest absolute Gasteiger partial charge is 0.0248 e. The van der Waals surface area contributed by atoms with E-state index < -0.39 is 0 Å². The van der Waals surface area contributed by atoms with Gasteiger partial charge in [-0.05, 0) is 51.2 Å². The third kappa shape index (κ3) is 4.05. The number of thioether (sulfide) groups is 2. The zero-order chi connectivity index (χ0) is 12.9. The van der Waals surface area contributed by atoms with E-state index in [4.69, 9.17) is 0 Å². The van der Waals surface area contributed by atoms with E-state index in [1.54, 1.807) is 0 Å². The molecule has 3 rings (SSSR count). The molecule has 3 aliphatic heterocycles. The van der Waals surface area contributed by atoms with Crippen molar-refractivity contribution in [1.82, 2.24) is 10.2 Å². The Balaban J connectivity index is 1.47. The highest BCUT2D eigenvalue weighted by atomic mass is 32.2. The molecule has 0 spiro atoms. The number of hydrogen-bond acceptors (Lipinski definition) is 4. The lowest BCUT2D eigenvalue weighted by molar-refractivity contribution is 0.0588. The predicted molar refractivity (Wildman–Crippen MR) is 88.4 cm³/mol. The Bertz CT molecular complexity index is 265. The maximum Gasteiger partial charge on any atom is 0.0248 e. The molecule has 0 aromatic carbocycles. The van der Waals surface area contributed by atoms with Crippen LogP contribution in [0.2, 0.25) is 0 Å². The number of fused-ring (bicyclic) bond motifs is 1. The number of rotatable bonds is 3. The summed E-state index contributed by atoms with van der Waals surface area (Å²) in [5.74, 6) is 6.28. The van der Waals surface area contributed by atoms with E-state index in [9.17, 15) is 0 Å². The van der Waals surface area contributed by atoms with Crippen LogP contribution in [0.4, 0.5) is 0 Å². The lowest BCUT2D eigenvalue weighted by atomic mass is 9.83. The molecule has 3 saturated heterocycles. The molecule has 0 unspecified atom stereocenters. The van der Waals surface area contributed by atoms with Gasteiger partial charge in [-0.25, -0.2) is 0 Å². The van der Waals surface area contributed by atoms with Crippen LogP contribution >= 0.6 is 23.5 Å². The first kappa shape index (κ1) is 14.6. The first-order valence-corrected chi connectivity index (χ1v) is 10.4. The average Bonchev–Trinajstić information content (AvgIpc) is 2.74. The second-order valence-corrected chi connectivity index (χ2v) is 8.56. The van der Waals surface area contributed by atoms with Crippen molar-refractivity contribution in [2.45, 2.75) is 44.2 Å². The van der Waals surface area contributed by atoms with Gasteiger partial charge in [-0.2, -0.15) is 23.5 Å². The maximum absolute atomic E-state index is 3.90. The van der Waals surface area contributed by atoms with Crippen LogP contribution in [-0.4, -0.2) is 59.6 Å². The maximum atomic E-state index is 3.90. The van der Waals surface area contributed by atoms with Crippen LogP contribution in [0.1, 0.15) is 32.1 Å². The van der Waals surface area contributed by atoms with Crippen molar-refractivity contribution in [3.8, 4) is 0 Å². The standard InChI is InChI=1S/C15H28N2S2/c1-2-6-17-7-3-4-13(15(17)5-1)10-16-14-11-18-8-9-19-12-14/h13-16H,1-12H2/t13-,15+/m0/s1. The van der Waals surface area contributed by atoms with Crippen LogP contribution in [0, 0.1) is 5.92 Å². The fourth-order valence-electron chi connectivity index (χ4n) is 3.87. The van der Waals surface area contributed by atoms with Gasteiger partial charge in [0.25, 0.3) is 0 Å². The molecule has 0 bridgehead atoms. The molecule has 0 radical (unpaired) electrons. The van der Waals surface area contributed by atoms with Crippen molar-refractivity contribution in [2.24, 2.45) is 5.92 Å². The SMILES string of the molecule is C1CCN2CCC[C@@H](CNC3CSCCSC3)[C@H]2C1. The van der Waals surface area contributed by atoms with Gasteiger partial charge in [0.2, 0.25) is 0 Å². The summed E-state index contributed by atoms with van der Waals surface area (Å²) in [7, 11) is 0. The molecule has 19 heavy (non-hydrogen) atoms. The van der Waals surface area contributed by atoms with E-state index in [2.05, 4.69) is 33.7 Å². The van der Waals surface area contributed by atoms with Crippen LogP contribution in [0.25, 0.3) is 0 Å². The Hall–Kier alpha value is 0.620. The van der Waals surface area contributed by atoms with Gasteiger partial charge in [-0.15, -0.1) is 0 Å². The highest BCUT2D eigenvalue weighted by molar-refractivity contribution is 8.03. The zero-order valence-corrected chi connectivity index (χ0v) is 13.6. The van der Waals surface area contributed by atoms with Gasteiger partial charge in [0.15, 0.2) is 0 Å². The van der Waals surface area contributed by atoms with Crippen molar-refractivity contribution in [2.75, 3.05) is 42.6 Å². The molecule has 3 fully saturated rings. The zero-order valence-electron chi connectivity index (χ0n) is 12.0. The van der Waals surface area contributed by atoms with E-state index in [-0.39, 0.29) is 0 Å². The average molecular weight is 301 g/mol. The Labute approximate surface area is 126 Å². The summed E-state index contributed by atoms with van der Waals surface area (Å²) < 4.78 is 0. The normalized spacial score (nSPS) is 34.7. The summed E-state index contributed by atoms with van der Waals surface area (Å²) in [5, 5.41) is 3.90. The highest BCUT2D eigenvalue weighted by Crippen LogP contribution is 2.30. The summed E-state index contributed by atoms with van der Waals surface area (Å²) in [6.07, 6.45) is 7.25. The Morgan fingerprint density at radius 3 is 2.58 bits per heavy atom. The van der Waals surface area contributed by atoms with Crippen LogP contribution in [0.15, 0.2) is 0 Å². The van der Waals surface area contributed by atoms with Crippen molar-refractivity contribution < 1.29 is 0 Å². The lowest BCUT2D eigenvalue weighted by Gasteiger charge is -2.44. The number of nitrogens with zero attached hydrogens (tertiary/aromatic N) is 1. The monoisotopic (exact) mass is 300 g/mol. The summed E-state index contributed by atoms with van der Waals surface area (Å²) >= 11 is 4.28. The molecule has 2 atom stereocenters. The first-order valence-electron chi connectivity index (χ1n) is 8.06. The molecule has 0 aromatic rings. The minimum atomic E-state index is 0.761. The minimum absolute atomic E-state index is 0.761. The molecule has 0 aromatic heterocycles. The minimum Gasteiger partial charge on any atom is -0.312 e. The Morgan fingerprint density at radius 1 is 0.947 bits per heavy atom. The number of nitrogens with one attached hydrogen (secondary N) is 1. The molecule has 4 heteroatoms. The van der Waals surface area contributed by atoms with Crippen molar-refractivity contribution in [1.29, 1.82) is 0 Å². The molecule has 1 N–H and O–H groups in total. The number of hydrogen-bond donors (Lipinski definition) is 1. The first-order chi connectivity index (χ1) is 9.43. The van der Waals surface area contributed by atoms with Gasteiger partial charge in [0.1, 0.15) is 0 Å². The molecule has 3 aliphatic rings. The van der Waals surface area contributed by atoms with E-state index in [1.807, 2.05) is 0 Å². The molecular formula is C15H28N2S2. The van der Waals surface area contributed by atoms with E-state index in [0.717, 1.165) is 18.0 Å². The summed E-state index contributed by atoms with van der Waals surface area (Å²) in [4.78, 5) is 2.79. The highest BCUT2D eigenvalue weighted by Gasteiger charge is 2.32. The largest absolute Gasteiger partial charge is 0.312 e. The molecule has 3 heterocycles. The van der Waals surface area contributed by atoms with E-state index in [1.165, 1.54) is 74.7 Å². The van der Waals surface area contributed by atoms with Crippen molar-refractivity contribution in [3.05, 3.63) is 0 Å². The molecular weight excluding hydrogens is 272 g/mol. The quantitative estimate of drug-likeness (QED) is 0.861. The lowest BCUT2D eigenvalue weighted by Crippen LogP contribution is -2.51. The van der Waals surface area contributed by atoms with Crippen LogP contribution in [-0.2, 0) is 0 Å². The molecule has 2 nitrogen and oxygen atoms in total. The van der Waals surface area contributed by atoms with Gasteiger partial charge in [-0.3, -0.25) is 0 Å².